The van der Waals surface area contributed by atoms with E-state index in [2.05, 4.69) is 50.9 Å². The van der Waals surface area contributed by atoms with Crippen LogP contribution in [0.15, 0.2) is 59.6 Å². The minimum Gasteiger partial charge on any atom is -0.352 e. The number of guanidine groups is 1. The smallest absolute Gasteiger partial charge is 0.221 e. The summed E-state index contributed by atoms with van der Waals surface area (Å²) in [5.74, 6) is 1.42. The van der Waals surface area contributed by atoms with E-state index < -0.39 is 0 Å². The molecule has 1 saturated heterocycles. The Bertz CT molecular complexity index is 779. The van der Waals surface area contributed by atoms with Gasteiger partial charge in [0.15, 0.2) is 5.96 Å². The number of aliphatic imine (C=N–C) groups is 1. The van der Waals surface area contributed by atoms with Crippen molar-refractivity contribution >= 4 is 41.5 Å². The number of benzene rings is 2. The second-order valence-electron chi connectivity index (χ2n) is 6.62. The second-order valence-corrected chi connectivity index (χ2v) is 6.62. The SMILES string of the molecule is CN=C(NCc1cccc(NC(C)=O)c1)N1CCC(c2ccccc2)C1.I. The Hall–Kier alpha value is -2.09. The van der Waals surface area contributed by atoms with Crippen molar-refractivity contribution in [1.82, 2.24) is 10.2 Å². The lowest BCUT2D eigenvalue weighted by molar-refractivity contribution is -0.114. The lowest BCUT2D eigenvalue weighted by Gasteiger charge is -2.22. The molecule has 1 atom stereocenters. The zero-order valence-corrected chi connectivity index (χ0v) is 18.1. The van der Waals surface area contributed by atoms with Gasteiger partial charge in [-0.05, 0) is 29.7 Å². The van der Waals surface area contributed by atoms with Crippen LogP contribution in [0.3, 0.4) is 0 Å². The summed E-state index contributed by atoms with van der Waals surface area (Å²) >= 11 is 0. The molecule has 2 aromatic rings. The summed E-state index contributed by atoms with van der Waals surface area (Å²) in [6.07, 6.45) is 1.14. The van der Waals surface area contributed by atoms with Gasteiger partial charge in [-0.1, -0.05) is 42.5 Å². The number of nitrogens with zero attached hydrogens (tertiary/aromatic N) is 2. The largest absolute Gasteiger partial charge is 0.352 e. The summed E-state index contributed by atoms with van der Waals surface area (Å²) < 4.78 is 0. The third-order valence-electron chi connectivity index (χ3n) is 4.67. The Labute approximate surface area is 178 Å². The van der Waals surface area contributed by atoms with Gasteiger partial charge in [0.05, 0.1) is 0 Å². The van der Waals surface area contributed by atoms with Gasteiger partial charge in [-0.2, -0.15) is 0 Å². The maximum atomic E-state index is 11.2. The van der Waals surface area contributed by atoms with Gasteiger partial charge in [0.25, 0.3) is 0 Å². The molecule has 2 N–H and O–H groups in total. The zero-order chi connectivity index (χ0) is 18.4. The fourth-order valence-electron chi connectivity index (χ4n) is 3.43. The highest BCUT2D eigenvalue weighted by molar-refractivity contribution is 14.0. The van der Waals surface area contributed by atoms with Gasteiger partial charge < -0.3 is 15.5 Å². The Kier molecular flexibility index (Phi) is 8.09. The highest BCUT2D eigenvalue weighted by Gasteiger charge is 2.25. The zero-order valence-electron chi connectivity index (χ0n) is 15.8. The van der Waals surface area contributed by atoms with E-state index in [0.717, 1.165) is 36.7 Å². The maximum absolute atomic E-state index is 11.2. The summed E-state index contributed by atoms with van der Waals surface area (Å²) in [6.45, 7) is 4.18. The molecule has 5 nitrogen and oxygen atoms in total. The lowest BCUT2D eigenvalue weighted by Crippen LogP contribution is -2.39. The third-order valence-corrected chi connectivity index (χ3v) is 4.67. The Morgan fingerprint density at radius 3 is 2.67 bits per heavy atom. The number of hydrogen-bond donors (Lipinski definition) is 2. The van der Waals surface area contributed by atoms with Crippen molar-refractivity contribution in [2.24, 2.45) is 4.99 Å². The average molecular weight is 478 g/mol. The van der Waals surface area contributed by atoms with Crippen LogP contribution in [0.25, 0.3) is 0 Å². The van der Waals surface area contributed by atoms with E-state index >= 15 is 0 Å². The first-order chi connectivity index (χ1) is 12.7. The molecule has 6 heteroatoms. The molecule has 1 aliphatic rings. The molecule has 0 spiro atoms. The number of rotatable bonds is 4. The summed E-state index contributed by atoms with van der Waals surface area (Å²) in [5, 5.41) is 6.26. The van der Waals surface area contributed by atoms with Crippen LogP contribution in [0.2, 0.25) is 0 Å². The summed E-state index contributed by atoms with van der Waals surface area (Å²) in [4.78, 5) is 18.0. The average Bonchev–Trinajstić information content (AvgIpc) is 3.13. The Balaban J connectivity index is 0.00000261. The van der Waals surface area contributed by atoms with Crippen LogP contribution in [0.1, 0.15) is 30.4 Å². The van der Waals surface area contributed by atoms with E-state index in [1.807, 2.05) is 31.3 Å². The number of carbonyl (C=O) groups is 1. The minimum atomic E-state index is -0.0602. The quantitative estimate of drug-likeness (QED) is 0.399. The molecular formula is C21H27IN4O. The molecule has 27 heavy (non-hydrogen) atoms. The van der Waals surface area contributed by atoms with E-state index in [9.17, 15) is 4.79 Å². The minimum absolute atomic E-state index is 0. The number of carbonyl (C=O) groups excluding carboxylic acids is 1. The molecule has 2 aromatic carbocycles. The normalized spacial score (nSPS) is 16.6. The molecule has 1 aliphatic heterocycles. The van der Waals surface area contributed by atoms with Crippen LogP contribution >= 0.6 is 24.0 Å². The van der Waals surface area contributed by atoms with Crippen LogP contribution in [-0.4, -0.2) is 36.9 Å². The van der Waals surface area contributed by atoms with Gasteiger partial charge in [0.2, 0.25) is 5.91 Å². The first kappa shape index (κ1) is 21.2. The monoisotopic (exact) mass is 478 g/mol. The molecule has 0 aliphatic carbocycles. The van der Waals surface area contributed by atoms with Crippen molar-refractivity contribution in [3.63, 3.8) is 0 Å². The summed E-state index contributed by atoms with van der Waals surface area (Å²) in [6, 6.07) is 18.6. The fraction of sp³-hybridized carbons (Fsp3) is 0.333. The molecule has 144 valence electrons. The van der Waals surface area contributed by atoms with E-state index in [4.69, 9.17) is 0 Å². The number of anilines is 1. The standard InChI is InChI=1S/C21H26N4O.HI/c1-16(26)24-20-10-6-7-17(13-20)14-23-21(22-2)25-12-11-19(15-25)18-8-4-3-5-9-18;/h3-10,13,19H,11-12,14-15H2,1-2H3,(H,22,23)(H,24,26);1H. The molecule has 0 saturated carbocycles. The number of likely N-dealkylation sites (tertiary alicyclic amines) is 1. The number of hydrogen-bond acceptors (Lipinski definition) is 2. The van der Waals surface area contributed by atoms with Crippen molar-refractivity contribution in [1.29, 1.82) is 0 Å². The van der Waals surface area contributed by atoms with Crippen molar-refractivity contribution in [2.75, 3.05) is 25.5 Å². The van der Waals surface area contributed by atoms with Gasteiger partial charge in [-0.15, -0.1) is 24.0 Å². The molecule has 1 heterocycles. The van der Waals surface area contributed by atoms with Crippen molar-refractivity contribution < 1.29 is 4.79 Å². The molecule has 1 fully saturated rings. The second kappa shape index (κ2) is 10.3. The lowest BCUT2D eigenvalue weighted by atomic mass is 9.99. The topological polar surface area (TPSA) is 56.7 Å². The molecule has 0 aromatic heterocycles. The van der Waals surface area contributed by atoms with Gasteiger partial charge in [0.1, 0.15) is 0 Å². The van der Waals surface area contributed by atoms with Crippen LogP contribution in [0, 0.1) is 0 Å². The number of nitrogens with one attached hydrogen (secondary N) is 2. The van der Waals surface area contributed by atoms with E-state index in [-0.39, 0.29) is 29.9 Å². The molecule has 1 amide bonds. The molecule has 0 bridgehead atoms. The van der Waals surface area contributed by atoms with E-state index in [1.54, 1.807) is 0 Å². The van der Waals surface area contributed by atoms with Crippen LogP contribution in [0.5, 0.6) is 0 Å². The van der Waals surface area contributed by atoms with Crippen LogP contribution in [0.4, 0.5) is 5.69 Å². The van der Waals surface area contributed by atoms with E-state index in [0.29, 0.717) is 12.5 Å². The molecular weight excluding hydrogens is 451 g/mol. The Morgan fingerprint density at radius 1 is 1.19 bits per heavy atom. The summed E-state index contributed by atoms with van der Waals surface area (Å²) in [5.41, 5.74) is 3.32. The van der Waals surface area contributed by atoms with Crippen LogP contribution in [-0.2, 0) is 11.3 Å². The van der Waals surface area contributed by atoms with Crippen LogP contribution < -0.4 is 10.6 Å². The van der Waals surface area contributed by atoms with Gasteiger partial charge in [-0.3, -0.25) is 9.79 Å². The number of halogens is 1. The Morgan fingerprint density at radius 2 is 1.96 bits per heavy atom. The predicted molar refractivity (Wildman–Crippen MR) is 122 cm³/mol. The first-order valence-electron chi connectivity index (χ1n) is 9.03. The molecule has 3 rings (SSSR count). The van der Waals surface area contributed by atoms with Crippen molar-refractivity contribution in [2.45, 2.75) is 25.8 Å². The summed E-state index contributed by atoms with van der Waals surface area (Å²) in [7, 11) is 1.83. The predicted octanol–water partition coefficient (Wildman–Crippen LogP) is 3.83. The van der Waals surface area contributed by atoms with Gasteiger partial charge in [0, 0.05) is 45.2 Å². The highest BCUT2D eigenvalue weighted by atomic mass is 127. The number of amides is 1. The molecule has 0 radical (unpaired) electrons. The maximum Gasteiger partial charge on any atom is 0.221 e. The van der Waals surface area contributed by atoms with E-state index in [1.165, 1.54) is 12.5 Å². The fourth-order valence-corrected chi connectivity index (χ4v) is 3.43. The van der Waals surface area contributed by atoms with Crippen molar-refractivity contribution in [3.05, 3.63) is 65.7 Å². The molecule has 1 unspecified atom stereocenters. The first-order valence-corrected chi connectivity index (χ1v) is 9.03. The van der Waals surface area contributed by atoms with Gasteiger partial charge in [-0.25, -0.2) is 0 Å². The van der Waals surface area contributed by atoms with Gasteiger partial charge >= 0.3 is 0 Å². The third kappa shape index (κ3) is 5.95. The van der Waals surface area contributed by atoms with Crippen molar-refractivity contribution in [3.8, 4) is 0 Å². The highest BCUT2D eigenvalue weighted by Crippen LogP contribution is 2.26.